The summed E-state index contributed by atoms with van der Waals surface area (Å²) in [6.45, 7) is 4.57. The number of thiazole rings is 1. The number of aliphatic hydroxyl groups excluding tert-OH is 1. The summed E-state index contributed by atoms with van der Waals surface area (Å²) < 4.78 is 5.37. The zero-order valence-corrected chi connectivity index (χ0v) is 11.4. The highest BCUT2D eigenvalue weighted by Gasteiger charge is 2.10. The van der Waals surface area contributed by atoms with Gasteiger partial charge in [-0.25, -0.2) is 4.98 Å². The Bertz CT molecular complexity index is 493. The first-order valence-electron chi connectivity index (χ1n) is 6.01. The summed E-state index contributed by atoms with van der Waals surface area (Å²) in [4.78, 5) is 4.36. The molecule has 2 rings (SSSR count). The van der Waals surface area contributed by atoms with Gasteiger partial charge in [-0.3, -0.25) is 0 Å². The number of rotatable bonds is 5. The maximum atomic E-state index is 10.1. The van der Waals surface area contributed by atoms with Crippen LogP contribution in [0.4, 0.5) is 0 Å². The van der Waals surface area contributed by atoms with Crippen molar-refractivity contribution < 1.29 is 9.84 Å². The number of benzene rings is 1. The second kappa shape index (κ2) is 5.98. The molecule has 1 unspecified atom stereocenters. The van der Waals surface area contributed by atoms with Crippen molar-refractivity contribution in [3.8, 4) is 5.75 Å². The molecule has 0 aliphatic rings. The first-order chi connectivity index (χ1) is 8.69. The molecule has 1 atom stereocenters. The number of aryl methyl sites for hydroxylation is 1. The third-order valence-corrected chi connectivity index (χ3v) is 3.47. The van der Waals surface area contributed by atoms with Gasteiger partial charge in [-0.05, 0) is 31.5 Å². The molecule has 0 saturated heterocycles. The van der Waals surface area contributed by atoms with Crippen molar-refractivity contribution in [2.75, 3.05) is 6.61 Å². The topological polar surface area (TPSA) is 42.4 Å². The van der Waals surface area contributed by atoms with Gasteiger partial charge in [0, 0.05) is 11.8 Å². The van der Waals surface area contributed by atoms with E-state index < -0.39 is 6.10 Å². The van der Waals surface area contributed by atoms with E-state index >= 15 is 0 Å². The minimum absolute atomic E-state index is 0.512. The van der Waals surface area contributed by atoms with Crippen LogP contribution in [0, 0.1) is 6.92 Å². The molecule has 1 aromatic heterocycles. The van der Waals surface area contributed by atoms with E-state index in [1.807, 2.05) is 43.5 Å². The average Bonchev–Trinajstić information content (AvgIpc) is 2.76. The fourth-order valence-electron chi connectivity index (χ4n) is 1.77. The predicted molar refractivity (Wildman–Crippen MR) is 73.1 cm³/mol. The van der Waals surface area contributed by atoms with Crippen LogP contribution in [0.2, 0.25) is 0 Å². The second-order valence-corrected chi connectivity index (χ2v) is 5.14. The van der Waals surface area contributed by atoms with Gasteiger partial charge in [0.1, 0.15) is 5.75 Å². The summed E-state index contributed by atoms with van der Waals surface area (Å²) in [5.74, 6) is 0.831. The molecule has 1 aromatic carbocycles. The summed E-state index contributed by atoms with van der Waals surface area (Å²) in [5.41, 5.74) is 1.84. The zero-order valence-electron chi connectivity index (χ0n) is 10.6. The van der Waals surface area contributed by atoms with Gasteiger partial charge >= 0.3 is 0 Å². The van der Waals surface area contributed by atoms with Crippen LogP contribution < -0.4 is 4.74 Å². The van der Waals surface area contributed by atoms with Gasteiger partial charge in [-0.15, -0.1) is 11.3 Å². The van der Waals surface area contributed by atoms with Crippen LogP contribution in [0.25, 0.3) is 0 Å². The molecule has 2 aromatic rings. The third kappa shape index (κ3) is 3.31. The summed E-state index contributed by atoms with van der Waals surface area (Å²) in [6.07, 6.45) is 0.0420. The zero-order chi connectivity index (χ0) is 13.0. The molecular weight excluding hydrogens is 246 g/mol. The Kier molecular flexibility index (Phi) is 4.33. The monoisotopic (exact) mass is 263 g/mol. The van der Waals surface area contributed by atoms with Crippen molar-refractivity contribution in [3.63, 3.8) is 0 Å². The first-order valence-corrected chi connectivity index (χ1v) is 6.89. The molecule has 96 valence electrons. The highest BCUT2D eigenvalue weighted by molar-refractivity contribution is 7.09. The van der Waals surface area contributed by atoms with Crippen LogP contribution in [-0.4, -0.2) is 16.7 Å². The minimum atomic E-state index is -0.512. The average molecular weight is 263 g/mol. The Morgan fingerprint density at radius 1 is 1.33 bits per heavy atom. The Morgan fingerprint density at radius 2 is 2.06 bits per heavy atom. The molecule has 0 aliphatic carbocycles. The standard InChI is InChI=1S/C14H17NO2S/c1-3-17-13-6-4-11(5-7-13)14(16)8-12-9-18-10(2)15-12/h4-7,9,14,16H,3,8H2,1-2H3. The maximum absolute atomic E-state index is 10.1. The summed E-state index contributed by atoms with van der Waals surface area (Å²) in [5, 5.41) is 13.2. The molecule has 1 heterocycles. The van der Waals surface area contributed by atoms with Crippen LogP contribution in [0.1, 0.15) is 29.3 Å². The van der Waals surface area contributed by atoms with Gasteiger partial charge in [0.15, 0.2) is 0 Å². The molecule has 18 heavy (non-hydrogen) atoms. The van der Waals surface area contributed by atoms with Gasteiger partial charge in [-0.1, -0.05) is 12.1 Å². The van der Waals surface area contributed by atoms with Crippen LogP contribution in [-0.2, 0) is 6.42 Å². The van der Waals surface area contributed by atoms with E-state index in [2.05, 4.69) is 4.98 Å². The van der Waals surface area contributed by atoms with E-state index in [9.17, 15) is 5.11 Å². The summed E-state index contributed by atoms with van der Waals surface area (Å²) >= 11 is 1.61. The van der Waals surface area contributed by atoms with Crippen LogP contribution in [0.3, 0.4) is 0 Å². The third-order valence-electron chi connectivity index (χ3n) is 2.64. The van der Waals surface area contributed by atoms with Gasteiger partial charge in [0.2, 0.25) is 0 Å². The highest BCUT2D eigenvalue weighted by Crippen LogP contribution is 2.22. The SMILES string of the molecule is CCOc1ccc(C(O)Cc2csc(C)n2)cc1. The molecule has 4 heteroatoms. The van der Waals surface area contributed by atoms with E-state index in [0.29, 0.717) is 13.0 Å². The van der Waals surface area contributed by atoms with Crippen LogP contribution in [0.15, 0.2) is 29.6 Å². The van der Waals surface area contributed by atoms with Crippen molar-refractivity contribution in [3.05, 3.63) is 45.9 Å². The van der Waals surface area contributed by atoms with Gasteiger partial charge in [0.05, 0.1) is 23.4 Å². The van der Waals surface area contributed by atoms with Crippen molar-refractivity contribution >= 4 is 11.3 Å². The normalized spacial score (nSPS) is 12.4. The lowest BCUT2D eigenvalue weighted by atomic mass is 10.1. The number of hydrogen-bond acceptors (Lipinski definition) is 4. The fraction of sp³-hybridized carbons (Fsp3) is 0.357. The van der Waals surface area contributed by atoms with Crippen molar-refractivity contribution in [2.24, 2.45) is 0 Å². The van der Waals surface area contributed by atoms with E-state index in [-0.39, 0.29) is 0 Å². The summed E-state index contributed by atoms with van der Waals surface area (Å²) in [7, 11) is 0. The number of aliphatic hydroxyl groups is 1. The van der Waals surface area contributed by atoms with Gasteiger partial charge in [-0.2, -0.15) is 0 Å². The smallest absolute Gasteiger partial charge is 0.119 e. The van der Waals surface area contributed by atoms with Crippen molar-refractivity contribution in [2.45, 2.75) is 26.4 Å². The number of hydrogen-bond donors (Lipinski definition) is 1. The number of ether oxygens (including phenoxy) is 1. The lowest BCUT2D eigenvalue weighted by Crippen LogP contribution is -2.02. The van der Waals surface area contributed by atoms with Gasteiger partial charge in [0.25, 0.3) is 0 Å². The number of nitrogens with zero attached hydrogens (tertiary/aromatic N) is 1. The van der Waals surface area contributed by atoms with Crippen molar-refractivity contribution in [1.29, 1.82) is 0 Å². The number of aromatic nitrogens is 1. The predicted octanol–water partition coefficient (Wildman–Crippen LogP) is 3.13. The molecule has 0 amide bonds. The molecule has 0 spiro atoms. The van der Waals surface area contributed by atoms with E-state index in [1.54, 1.807) is 11.3 Å². The Balaban J connectivity index is 2.02. The molecule has 0 fully saturated rings. The summed E-state index contributed by atoms with van der Waals surface area (Å²) in [6, 6.07) is 7.56. The Hall–Kier alpha value is -1.39. The first kappa shape index (κ1) is 13.1. The largest absolute Gasteiger partial charge is 0.494 e. The molecule has 0 bridgehead atoms. The quantitative estimate of drug-likeness (QED) is 0.901. The van der Waals surface area contributed by atoms with E-state index in [0.717, 1.165) is 22.0 Å². The van der Waals surface area contributed by atoms with Crippen molar-refractivity contribution in [1.82, 2.24) is 4.98 Å². The minimum Gasteiger partial charge on any atom is -0.494 e. The second-order valence-electron chi connectivity index (χ2n) is 4.08. The van der Waals surface area contributed by atoms with Crippen LogP contribution >= 0.6 is 11.3 Å². The van der Waals surface area contributed by atoms with Gasteiger partial charge < -0.3 is 9.84 Å². The molecule has 0 radical (unpaired) electrons. The van der Waals surface area contributed by atoms with E-state index in [1.165, 1.54) is 0 Å². The Labute approximate surface area is 111 Å². The fourth-order valence-corrected chi connectivity index (χ4v) is 2.40. The maximum Gasteiger partial charge on any atom is 0.119 e. The van der Waals surface area contributed by atoms with E-state index in [4.69, 9.17) is 4.74 Å². The molecule has 3 nitrogen and oxygen atoms in total. The Morgan fingerprint density at radius 3 is 2.61 bits per heavy atom. The van der Waals surface area contributed by atoms with Crippen LogP contribution in [0.5, 0.6) is 5.75 Å². The molecule has 0 aliphatic heterocycles. The highest BCUT2D eigenvalue weighted by atomic mass is 32.1. The molecule has 1 N–H and O–H groups in total. The molecular formula is C14H17NO2S. The lowest BCUT2D eigenvalue weighted by molar-refractivity contribution is 0.177. The molecule has 0 saturated carbocycles. The lowest BCUT2D eigenvalue weighted by Gasteiger charge is -2.10.